The minimum Gasteiger partial charge on any atom is -0.456 e. The second-order valence-corrected chi connectivity index (χ2v) is 22.1. The first-order valence-electron chi connectivity index (χ1n) is 26.2. The molecule has 0 radical (unpaired) electrons. The summed E-state index contributed by atoms with van der Waals surface area (Å²) in [6.45, 7) is 9.55. The second kappa shape index (κ2) is 15.4. The van der Waals surface area contributed by atoms with E-state index in [4.69, 9.17) is 9.72 Å². The molecule has 0 N–H and O–H groups in total. The van der Waals surface area contributed by atoms with E-state index < -0.39 is 22.6 Å². The van der Waals surface area contributed by atoms with Crippen LogP contribution in [-0.4, -0.2) is 9.38 Å². The summed E-state index contributed by atoms with van der Waals surface area (Å²) in [6.07, 6.45) is 7.58. The maximum atomic E-state index is 10.4. The van der Waals surface area contributed by atoms with E-state index >= 15 is 0 Å². The highest BCUT2D eigenvalue weighted by molar-refractivity contribution is 7.24. The van der Waals surface area contributed by atoms with Crippen molar-refractivity contribution in [1.82, 2.24) is 9.38 Å². The van der Waals surface area contributed by atoms with Crippen LogP contribution in [0.1, 0.15) is 116 Å². The molecule has 10 aromatic rings. The number of benzene rings is 8. The molecule has 0 saturated heterocycles. The molecule has 0 unspecified atom stereocenters. The summed E-state index contributed by atoms with van der Waals surface area (Å²) in [7, 11) is 0. The normalized spacial score (nSPS) is 18.4. The predicted octanol–water partition coefficient (Wildman–Crippen LogP) is 18.7. The van der Waals surface area contributed by atoms with E-state index in [9.17, 15) is 2.74 Å². The smallest absolute Gasteiger partial charge is 0.195 e. The first kappa shape index (κ1) is 39.1. The molecular formula is C65H56N2OS. The number of nitrogens with zero attached hydrogens (tertiary/aromatic N) is 2. The van der Waals surface area contributed by atoms with Gasteiger partial charge in [0.15, 0.2) is 4.96 Å². The van der Waals surface area contributed by atoms with Crippen LogP contribution in [0.2, 0.25) is 0 Å². The highest BCUT2D eigenvalue weighted by Gasteiger charge is 2.46. The van der Waals surface area contributed by atoms with Crippen LogP contribution in [0.5, 0.6) is 11.5 Å². The van der Waals surface area contributed by atoms with Gasteiger partial charge in [-0.15, -0.1) is 0 Å². The second-order valence-electron chi connectivity index (χ2n) is 21.1. The molecule has 0 bridgehead atoms. The van der Waals surface area contributed by atoms with Crippen LogP contribution in [0.3, 0.4) is 0 Å². The van der Waals surface area contributed by atoms with Gasteiger partial charge in [-0.2, -0.15) is 0 Å². The van der Waals surface area contributed by atoms with Gasteiger partial charge in [0.05, 0.1) is 21.3 Å². The number of imidazole rings is 1. The van der Waals surface area contributed by atoms with E-state index in [1.807, 2.05) is 0 Å². The van der Waals surface area contributed by atoms with Gasteiger partial charge in [0.1, 0.15) is 11.5 Å². The average molecular weight is 915 g/mol. The van der Waals surface area contributed by atoms with E-state index in [0.717, 1.165) is 129 Å². The van der Waals surface area contributed by atoms with Crippen molar-refractivity contribution in [1.29, 1.82) is 0 Å². The fourth-order valence-electron chi connectivity index (χ4n) is 12.8. The molecule has 3 aliphatic carbocycles. The molecule has 3 nitrogen and oxygen atoms in total. The van der Waals surface area contributed by atoms with Crippen molar-refractivity contribution < 1.29 is 7.48 Å². The van der Waals surface area contributed by atoms with E-state index in [1.165, 1.54) is 49.2 Å². The molecule has 14 rings (SSSR count). The Morgan fingerprint density at radius 2 is 1.06 bits per heavy atom. The number of ether oxygens (including phenoxy) is 1. The summed E-state index contributed by atoms with van der Waals surface area (Å²) in [6, 6.07) is 58.0. The summed E-state index contributed by atoms with van der Waals surface area (Å²) in [5.41, 5.74) is 21.0. The summed E-state index contributed by atoms with van der Waals surface area (Å²) in [4.78, 5) is 6.09. The van der Waals surface area contributed by atoms with Gasteiger partial charge in [-0.05, 0) is 147 Å². The maximum Gasteiger partial charge on any atom is 0.195 e. The standard InChI is InChI=1S/C65H56N2OS/c1-64(2)54-29-17-28-49(53-38-52-48-27-14-12-25-46(48)44-23-10-9-22-43(44)45-24-11-13-26-47(45)51(52)37-50(53)40-20-7-8-21-40)61(54)68-59-35-32-41(36-55(59)65(64,3)4)60-42(39-18-5-6-19-39)33-34-58-62(60)69-63-66-56-30-15-16-31-57(56)67(58)63/h9-17,22-40H,5-8,18-21H2,1-4H3/i39D,40D. The van der Waals surface area contributed by atoms with E-state index in [-0.39, 0.29) is 0 Å². The van der Waals surface area contributed by atoms with Crippen molar-refractivity contribution in [2.45, 2.75) is 102 Å². The molecule has 2 fully saturated rings. The number of thiazole rings is 1. The number of fused-ring (bicyclic) bond motifs is 15. The summed E-state index contributed by atoms with van der Waals surface area (Å²) < 4.78 is 31.4. The highest BCUT2D eigenvalue weighted by Crippen LogP contribution is 2.59. The summed E-state index contributed by atoms with van der Waals surface area (Å²) in [5.74, 6) is 0.309. The van der Waals surface area contributed by atoms with Crippen LogP contribution in [0.25, 0.3) is 93.0 Å². The van der Waals surface area contributed by atoms with Crippen molar-refractivity contribution in [3.05, 3.63) is 180 Å². The van der Waals surface area contributed by atoms with E-state index in [2.05, 4.69) is 190 Å². The molecule has 1 aliphatic heterocycles. The van der Waals surface area contributed by atoms with Crippen LogP contribution in [0.15, 0.2) is 158 Å². The number of aromatic nitrogens is 2. The number of para-hydroxylation sites is 3. The van der Waals surface area contributed by atoms with Crippen molar-refractivity contribution in [3.63, 3.8) is 0 Å². The molecule has 0 spiro atoms. The van der Waals surface area contributed by atoms with Crippen LogP contribution in [0.4, 0.5) is 0 Å². The largest absolute Gasteiger partial charge is 0.456 e. The van der Waals surface area contributed by atoms with Gasteiger partial charge < -0.3 is 4.74 Å². The Morgan fingerprint density at radius 3 is 1.71 bits per heavy atom. The van der Waals surface area contributed by atoms with E-state index in [1.54, 1.807) is 11.3 Å². The third-order valence-corrected chi connectivity index (χ3v) is 18.1. The van der Waals surface area contributed by atoms with Gasteiger partial charge in [0.25, 0.3) is 0 Å². The van der Waals surface area contributed by atoms with Gasteiger partial charge in [-0.25, -0.2) is 4.98 Å². The van der Waals surface area contributed by atoms with Crippen LogP contribution in [0, 0.1) is 0 Å². The van der Waals surface area contributed by atoms with Crippen molar-refractivity contribution in [2.24, 2.45) is 0 Å². The molecule has 3 heterocycles. The molecule has 338 valence electrons. The first-order chi connectivity index (χ1) is 34.4. The predicted molar refractivity (Wildman–Crippen MR) is 289 cm³/mol. The van der Waals surface area contributed by atoms with Gasteiger partial charge in [0, 0.05) is 35.8 Å². The Balaban J connectivity index is 0.995. The Labute approximate surface area is 412 Å². The lowest BCUT2D eigenvalue weighted by molar-refractivity contribution is 0.306. The van der Waals surface area contributed by atoms with Crippen molar-refractivity contribution in [3.8, 4) is 78.3 Å². The quantitative estimate of drug-likeness (QED) is 0.176. The third kappa shape index (κ3) is 6.07. The summed E-state index contributed by atoms with van der Waals surface area (Å²) in [5, 5.41) is 0. The molecule has 2 saturated carbocycles. The zero-order chi connectivity index (χ0) is 48.0. The fraction of sp³-hybridized carbons (Fsp3) is 0.246. The molecule has 8 aromatic carbocycles. The summed E-state index contributed by atoms with van der Waals surface area (Å²) >= 11 is 1.75. The Kier molecular flexibility index (Phi) is 8.72. The van der Waals surface area contributed by atoms with Crippen molar-refractivity contribution >= 4 is 37.5 Å². The molecule has 4 heteroatoms. The average Bonchev–Trinajstić information content (AvgIpc) is 4.20. The Hall–Kier alpha value is -6.75. The van der Waals surface area contributed by atoms with Crippen LogP contribution in [-0.2, 0) is 10.8 Å². The molecular weight excluding hydrogens is 857 g/mol. The maximum absolute atomic E-state index is 10.4. The van der Waals surface area contributed by atoms with Gasteiger partial charge in [-0.3, -0.25) is 4.40 Å². The number of hydrogen-bond donors (Lipinski definition) is 0. The molecule has 0 amide bonds. The number of hydrogen-bond acceptors (Lipinski definition) is 3. The number of rotatable bonds is 4. The zero-order valence-corrected chi connectivity index (χ0v) is 40.7. The minimum atomic E-state index is -0.753. The van der Waals surface area contributed by atoms with Crippen molar-refractivity contribution in [2.75, 3.05) is 0 Å². The van der Waals surface area contributed by atoms with Gasteiger partial charge >= 0.3 is 0 Å². The Morgan fingerprint density at radius 1 is 0.507 bits per heavy atom. The first-order valence-corrected chi connectivity index (χ1v) is 26.0. The van der Waals surface area contributed by atoms with Gasteiger partial charge in [0.2, 0.25) is 0 Å². The third-order valence-electron chi connectivity index (χ3n) is 17.1. The topological polar surface area (TPSA) is 26.5 Å². The van der Waals surface area contributed by atoms with E-state index in [0.29, 0.717) is 0 Å². The molecule has 0 atom stereocenters. The lowest BCUT2D eigenvalue weighted by Crippen LogP contribution is -2.39. The lowest BCUT2D eigenvalue weighted by Gasteiger charge is -2.41. The lowest BCUT2D eigenvalue weighted by atomic mass is 9.60. The zero-order valence-electron chi connectivity index (χ0n) is 41.9. The molecule has 2 aromatic heterocycles. The monoisotopic (exact) mass is 914 g/mol. The van der Waals surface area contributed by atoms with Crippen LogP contribution < -0.4 is 4.74 Å². The van der Waals surface area contributed by atoms with Crippen LogP contribution >= 0.6 is 11.3 Å². The highest BCUT2D eigenvalue weighted by atomic mass is 32.1. The fourth-order valence-corrected chi connectivity index (χ4v) is 14.0. The molecule has 4 aliphatic rings. The SMILES string of the molecule is [2H]C1(c2cc3c(cc2-c2cccc4c2Oc2ccc(-c5c(C6([2H])CCCC6)ccc6c5sc5nc7ccccc7n56)cc2C(C)(C)C4(C)C)-c2ccccc2-c2ccccc2-c2ccccc2-3)CCCC1. The Bertz CT molecular complexity index is 3860. The molecule has 69 heavy (non-hydrogen) atoms. The minimum absolute atomic E-state index is 0.393. The van der Waals surface area contributed by atoms with Gasteiger partial charge in [-0.1, -0.05) is 180 Å².